The van der Waals surface area contributed by atoms with Crippen LogP contribution in [-0.2, 0) is 17.8 Å². The average Bonchev–Trinajstić information content (AvgIpc) is 3.09. The van der Waals surface area contributed by atoms with Crippen LogP contribution in [-0.4, -0.2) is 17.1 Å². The lowest BCUT2D eigenvalue weighted by Crippen LogP contribution is -2.30. The SMILES string of the molecule is CCONC(=O)c1c(Nc2ccc(Br)cc2F)c(Cl)c(=O)n2c1CCC2. The lowest BCUT2D eigenvalue weighted by molar-refractivity contribution is 0.0364. The number of aromatic nitrogens is 1. The summed E-state index contributed by atoms with van der Waals surface area (Å²) in [5.41, 5.74) is 2.82. The summed E-state index contributed by atoms with van der Waals surface area (Å²) in [4.78, 5) is 30.1. The second-order valence-corrected chi connectivity index (χ2v) is 6.98. The number of nitrogens with one attached hydrogen (secondary N) is 2. The Morgan fingerprint density at radius 2 is 2.23 bits per heavy atom. The summed E-state index contributed by atoms with van der Waals surface area (Å²) >= 11 is 9.43. The normalized spacial score (nSPS) is 12.8. The molecular weight excluding hydrogens is 429 g/mol. The van der Waals surface area contributed by atoms with Gasteiger partial charge in [0.2, 0.25) is 0 Å². The van der Waals surface area contributed by atoms with Gasteiger partial charge in [-0.05, 0) is 38.0 Å². The zero-order valence-electron chi connectivity index (χ0n) is 13.9. The molecule has 1 aliphatic rings. The molecule has 0 spiro atoms. The zero-order valence-corrected chi connectivity index (χ0v) is 16.2. The van der Waals surface area contributed by atoms with E-state index >= 15 is 0 Å². The summed E-state index contributed by atoms with van der Waals surface area (Å²) in [6.07, 6.45) is 1.26. The predicted molar refractivity (Wildman–Crippen MR) is 101 cm³/mol. The molecule has 1 aromatic heterocycles. The van der Waals surface area contributed by atoms with E-state index in [-0.39, 0.29) is 28.6 Å². The Balaban J connectivity index is 2.15. The minimum atomic E-state index is -0.549. The van der Waals surface area contributed by atoms with Crippen molar-refractivity contribution in [2.45, 2.75) is 26.3 Å². The van der Waals surface area contributed by atoms with Crippen molar-refractivity contribution < 1.29 is 14.0 Å². The van der Waals surface area contributed by atoms with E-state index in [0.717, 1.165) is 6.42 Å². The molecule has 1 aliphatic heterocycles. The Morgan fingerprint density at radius 1 is 1.46 bits per heavy atom. The maximum atomic E-state index is 14.2. The maximum Gasteiger partial charge on any atom is 0.278 e. The minimum Gasteiger partial charge on any atom is -0.351 e. The third kappa shape index (κ3) is 3.49. The molecule has 138 valence electrons. The summed E-state index contributed by atoms with van der Waals surface area (Å²) in [5.74, 6) is -1.09. The molecule has 0 radical (unpaired) electrons. The summed E-state index contributed by atoms with van der Waals surface area (Å²) < 4.78 is 16.3. The molecule has 9 heteroatoms. The van der Waals surface area contributed by atoms with Crippen LogP contribution in [0.1, 0.15) is 29.4 Å². The van der Waals surface area contributed by atoms with Crippen LogP contribution < -0.4 is 16.4 Å². The van der Waals surface area contributed by atoms with Gasteiger partial charge in [0.1, 0.15) is 10.8 Å². The van der Waals surface area contributed by atoms with Gasteiger partial charge in [-0.3, -0.25) is 14.4 Å². The number of hydrogen-bond acceptors (Lipinski definition) is 4. The summed E-state index contributed by atoms with van der Waals surface area (Å²) in [7, 11) is 0. The third-order valence-electron chi connectivity index (χ3n) is 4.04. The second kappa shape index (κ2) is 7.77. The van der Waals surface area contributed by atoms with Crippen molar-refractivity contribution in [3.8, 4) is 0 Å². The first kappa shape index (κ1) is 18.9. The number of benzene rings is 1. The highest BCUT2D eigenvalue weighted by molar-refractivity contribution is 9.10. The summed E-state index contributed by atoms with van der Waals surface area (Å²) in [5, 5.41) is 2.64. The van der Waals surface area contributed by atoms with Gasteiger partial charge in [0, 0.05) is 16.7 Å². The number of nitrogens with zero attached hydrogens (tertiary/aromatic N) is 1. The molecule has 0 bridgehead atoms. The Labute approximate surface area is 162 Å². The first-order chi connectivity index (χ1) is 12.4. The molecule has 2 aromatic rings. The summed E-state index contributed by atoms with van der Waals surface area (Å²) in [6, 6.07) is 4.40. The van der Waals surface area contributed by atoms with Gasteiger partial charge in [-0.2, -0.15) is 0 Å². The van der Waals surface area contributed by atoms with Crippen molar-refractivity contribution >= 4 is 44.8 Å². The Kier molecular flexibility index (Phi) is 5.64. The highest BCUT2D eigenvalue weighted by atomic mass is 79.9. The van der Waals surface area contributed by atoms with Crippen molar-refractivity contribution in [2.75, 3.05) is 11.9 Å². The number of pyridine rings is 1. The maximum absolute atomic E-state index is 14.2. The van der Waals surface area contributed by atoms with Gasteiger partial charge in [-0.1, -0.05) is 27.5 Å². The molecule has 0 saturated heterocycles. The lowest BCUT2D eigenvalue weighted by atomic mass is 10.1. The fourth-order valence-corrected chi connectivity index (χ4v) is 3.49. The fourth-order valence-electron chi connectivity index (χ4n) is 2.91. The average molecular weight is 445 g/mol. The summed E-state index contributed by atoms with van der Waals surface area (Å²) in [6.45, 7) is 2.48. The van der Waals surface area contributed by atoms with Crippen LogP contribution in [0.3, 0.4) is 0 Å². The van der Waals surface area contributed by atoms with E-state index in [1.165, 1.54) is 16.7 Å². The molecular formula is C17H16BrClFN3O3. The molecule has 0 fully saturated rings. The number of fused-ring (bicyclic) bond motifs is 1. The zero-order chi connectivity index (χ0) is 18.8. The van der Waals surface area contributed by atoms with Gasteiger partial charge in [-0.25, -0.2) is 9.87 Å². The van der Waals surface area contributed by atoms with Gasteiger partial charge >= 0.3 is 0 Å². The number of halogens is 3. The smallest absolute Gasteiger partial charge is 0.278 e. The molecule has 1 aromatic carbocycles. The van der Waals surface area contributed by atoms with Crippen molar-refractivity contribution in [1.82, 2.24) is 10.0 Å². The number of amides is 1. The quantitative estimate of drug-likeness (QED) is 0.689. The number of hydroxylamine groups is 1. The first-order valence-corrected chi connectivity index (χ1v) is 9.20. The standard InChI is InChI=1S/C17H16BrClFN3O3/c1-2-26-22-16(24)13-12-4-3-7-23(12)17(25)14(19)15(13)21-11-6-5-9(18)8-10(11)20/h5-6,8,21H,2-4,7H2,1H3,(H,22,24). The van der Waals surface area contributed by atoms with E-state index < -0.39 is 17.3 Å². The highest BCUT2D eigenvalue weighted by Crippen LogP contribution is 2.33. The van der Waals surface area contributed by atoms with E-state index in [9.17, 15) is 14.0 Å². The number of rotatable bonds is 5. The van der Waals surface area contributed by atoms with Gasteiger partial charge in [0.25, 0.3) is 11.5 Å². The van der Waals surface area contributed by atoms with E-state index in [4.69, 9.17) is 16.4 Å². The van der Waals surface area contributed by atoms with E-state index in [2.05, 4.69) is 26.7 Å². The Hall–Kier alpha value is -1.90. The van der Waals surface area contributed by atoms with E-state index in [1.54, 1.807) is 13.0 Å². The molecule has 0 atom stereocenters. The van der Waals surface area contributed by atoms with Gasteiger partial charge in [0.05, 0.1) is 23.5 Å². The van der Waals surface area contributed by atoms with Crippen LogP contribution in [0.4, 0.5) is 15.8 Å². The van der Waals surface area contributed by atoms with Crippen LogP contribution in [0.25, 0.3) is 0 Å². The second-order valence-electron chi connectivity index (χ2n) is 5.68. The predicted octanol–water partition coefficient (Wildman–Crippen LogP) is 3.77. The van der Waals surface area contributed by atoms with E-state index in [1.807, 2.05) is 0 Å². The topological polar surface area (TPSA) is 72.4 Å². The number of hydrogen-bond donors (Lipinski definition) is 2. The van der Waals surface area contributed by atoms with Gasteiger partial charge in [0.15, 0.2) is 0 Å². The molecule has 0 unspecified atom stereocenters. The number of carbonyl (C=O) groups excluding carboxylic acids is 1. The molecule has 2 heterocycles. The molecule has 6 nitrogen and oxygen atoms in total. The molecule has 3 rings (SSSR count). The van der Waals surface area contributed by atoms with Crippen molar-refractivity contribution in [1.29, 1.82) is 0 Å². The molecule has 1 amide bonds. The van der Waals surface area contributed by atoms with Crippen LogP contribution >= 0.6 is 27.5 Å². The van der Waals surface area contributed by atoms with Crippen LogP contribution in [0.2, 0.25) is 5.02 Å². The number of carbonyl (C=O) groups is 1. The molecule has 2 N–H and O–H groups in total. The van der Waals surface area contributed by atoms with Gasteiger partial charge < -0.3 is 9.88 Å². The Bertz CT molecular complexity index is 932. The van der Waals surface area contributed by atoms with Crippen LogP contribution in [0.15, 0.2) is 27.5 Å². The highest BCUT2D eigenvalue weighted by Gasteiger charge is 2.28. The van der Waals surface area contributed by atoms with Crippen molar-refractivity contribution in [2.24, 2.45) is 0 Å². The third-order valence-corrected chi connectivity index (χ3v) is 4.88. The largest absolute Gasteiger partial charge is 0.351 e. The van der Waals surface area contributed by atoms with Crippen molar-refractivity contribution in [3.63, 3.8) is 0 Å². The molecule has 0 aliphatic carbocycles. The van der Waals surface area contributed by atoms with Crippen molar-refractivity contribution in [3.05, 3.63) is 55.1 Å². The Morgan fingerprint density at radius 3 is 2.92 bits per heavy atom. The fraction of sp³-hybridized carbons (Fsp3) is 0.294. The lowest BCUT2D eigenvalue weighted by Gasteiger charge is -2.18. The van der Waals surface area contributed by atoms with Gasteiger partial charge in [-0.15, -0.1) is 0 Å². The van der Waals surface area contributed by atoms with Crippen LogP contribution in [0.5, 0.6) is 0 Å². The molecule has 0 saturated carbocycles. The van der Waals surface area contributed by atoms with E-state index in [0.29, 0.717) is 23.1 Å². The van der Waals surface area contributed by atoms with Crippen LogP contribution in [0, 0.1) is 5.82 Å². The first-order valence-electron chi connectivity index (χ1n) is 8.03. The minimum absolute atomic E-state index is 0.0724. The number of anilines is 2. The monoisotopic (exact) mass is 443 g/mol. The molecule has 26 heavy (non-hydrogen) atoms.